The molecular formula is C22H25N3O3. The van der Waals surface area contributed by atoms with E-state index in [0.717, 1.165) is 12.1 Å². The summed E-state index contributed by atoms with van der Waals surface area (Å²) >= 11 is 0. The van der Waals surface area contributed by atoms with Gasteiger partial charge in [0.2, 0.25) is 5.91 Å². The number of rotatable bonds is 6. The minimum absolute atomic E-state index is 0.0869. The summed E-state index contributed by atoms with van der Waals surface area (Å²) in [5.74, 6) is 0.0816. The Morgan fingerprint density at radius 3 is 2.43 bits per heavy atom. The number of carbonyl (C=O) groups is 3. The first-order chi connectivity index (χ1) is 13.4. The van der Waals surface area contributed by atoms with Gasteiger partial charge in [-0.25, -0.2) is 0 Å². The second-order valence-electron chi connectivity index (χ2n) is 7.33. The molecule has 1 heterocycles. The second kappa shape index (κ2) is 8.69. The highest BCUT2D eigenvalue weighted by Gasteiger charge is 2.22. The number of hydrogen-bond donors (Lipinski definition) is 2. The topological polar surface area (TPSA) is 78.5 Å². The molecule has 6 heteroatoms. The van der Waals surface area contributed by atoms with Crippen LogP contribution < -0.4 is 15.5 Å². The fraction of sp³-hybridized carbons (Fsp3) is 0.318. The van der Waals surface area contributed by atoms with Crippen LogP contribution in [0.1, 0.15) is 47.4 Å². The van der Waals surface area contributed by atoms with E-state index in [1.807, 2.05) is 19.9 Å². The minimum atomic E-state index is -0.259. The molecule has 0 spiro atoms. The summed E-state index contributed by atoms with van der Waals surface area (Å²) in [6.45, 7) is 5.37. The van der Waals surface area contributed by atoms with E-state index in [1.54, 1.807) is 47.4 Å². The highest BCUT2D eigenvalue weighted by atomic mass is 16.2. The van der Waals surface area contributed by atoms with E-state index in [1.165, 1.54) is 0 Å². The number of anilines is 2. The lowest BCUT2D eigenvalue weighted by atomic mass is 10.1. The molecule has 6 nitrogen and oxygen atoms in total. The normalized spacial score (nSPS) is 13.7. The maximum atomic E-state index is 12.6. The van der Waals surface area contributed by atoms with E-state index in [9.17, 15) is 14.4 Å². The summed E-state index contributed by atoms with van der Waals surface area (Å²) in [4.78, 5) is 38.2. The van der Waals surface area contributed by atoms with Crippen molar-refractivity contribution in [1.29, 1.82) is 0 Å². The third-order valence-electron chi connectivity index (χ3n) is 4.57. The average Bonchev–Trinajstić information content (AvgIpc) is 3.12. The van der Waals surface area contributed by atoms with Crippen LogP contribution in [0.25, 0.3) is 0 Å². The molecule has 0 radical (unpaired) electrons. The van der Waals surface area contributed by atoms with Crippen LogP contribution >= 0.6 is 0 Å². The van der Waals surface area contributed by atoms with Crippen LogP contribution in [0.4, 0.5) is 11.4 Å². The molecular weight excluding hydrogens is 354 g/mol. The molecule has 3 rings (SSSR count). The SMILES string of the molecule is CC(C)CNC(=O)c1ccc(NC(=O)c2cccc(N3CCCC3=O)c2)cc1. The first-order valence-corrected chi connectivity index (χ1v) is 9.54. The van der Waals surface area contributed by atoms with E-state index in [-0.39, 0.29) is 17.7 Å². The lowest BCUT2D eigenvalue weighted by Gasteiger charge is -2.16. The third kappa shape index (κ3) is 4.76. The van der Waals surface area contributed by atoms with Crippen molar-refractivity contribution in [2.45, 2.75) is 26.7 Å². The molecule has 28 heavy (non-hydrogen) atoms. The first kappa shape index (κ1) is 19.6. The Hall–Kier alpha value is -3.15. The Bertz CT molecular complexity index is 875. The summed E-state index contributed by atoms with van der Waals surface area (Å²) in [6, 6.07) is 13.8. The largest absolute Gasteiger partial charge is 0.352 e. The van der Waals surface area contributed by atoms with Crippen LogP contribution in [0.2, 0.25) is 0 Å². The molecule has 1 fully saturated rings. The van der Waals surface area contributed by atoms with Crippen molar-refractivity contribution in [3.8, 4) is 0 Å². The first-order valence-electron chi connectivity index (χ1n) is 9.54. The standard InChI is InChI=1S/C22H25N3O3/c1-15(2)14-23-21(27)16-8-10-18(11-9-16)24-22(28)17-5-3-6-19(13-17)25-12-4-7-20(25)26/h3,5-6,8-11,13,15H,4,7,12,14H2,1-2H3,(H,23,27)(H,24,28). The molecule has 3 amide bonds. The lowest BCUT2D eigenvalue weighted by Crippen LogP contribution is -2.27. The molecule has 0 aromatic heterocycles. The molecule has 1 saturated heterocycles. The van der Waals surface area contributed by atoms with Gasteiger partial charge >= 0.3 is 0 Å². The minimum Gasteiger partial charge on any atom is -0.352 e. The van der Waals surface area contributed by atoms with Gasteiger partial charge in [-0.2, -0.15) is 0 Å². The molecule has 0 bridgehead atoms. The zero-order chi connectivity index (χ0) is 20.1. The Morgan fingerprint density at radius 1 is 1.04 bits per heavy atom. The zero-order valence-corrected chi connectivity index (χ0v) is 16.2. The third-order valence-corrected chi connectivity index (χ3v) is 4.57. The molecule has 0 saturated carbocycles. The van der Waals surface area contributed by atoms with E-state index >= 15 is 0 Å². The monoisotopic (exact) mass is 379 g/mol. The van der Waals surface area contributed by atoms with Crippen molar-refractivity contribution in [2.75, 3.05) is 23.3 Å². The van der Waals surface area contributed by atoms with Gasteiger partial charge in [0, 0.05) is 42.0 Å². The molecule has 0 unspecified atom stereocenters. The van der Waals surface area contributed by atoms with Crippen molar-refractivity contribution in [1.82, 2.24) is 5.32 Å². The smallest absolute Gasteiger partial charge is 0.255 e. The number of nitrogens with one attached hydrogen (secondary N) is 2. The summed E-state index contributed by atoms with van der Waals surface area (Å²) in [5.41, 5.74) is 2.38. The van der Waals surface area contributed by atoms with Gasteiger partial charge in [0.25, 0.3) is 11.8 Å². The average molecular weight is 379 g/mol. The Labute approximate surface area is 164 Å². The maximum absolute atomic E-state index is 12.6. The zero-order valence-electron chi connectivity index (χ0n) is 16.2. The van der Waals surface area contributed by atoms with Gasteiger partial charge in [-0.3, -0.25) is 14.4 Å². The number of amides is 3. The number of carbonyl (C=O) groups excluding carboxylic acids is 3. The highest BCUT2D eigenvalue weighted by Crippen LogP contribution is 2.22. The molecule has 0 atom stereocenters. The van der Waals surface area contributed by atoms with Crippen LogP contribution in [0.15, 0.2) is 48.5 Å². The van der Waals surface area contributed by atoms with E-state index in [4.69, 9.17) is 0 Å². The number of hydrogen-bond acceptors (Lipinski definition) is 3. The quantitative estimate of drug-likeness (QED) is 0.807. The van der Waals surface area contributed by atoms with Gasteiger partial charge in [-0.05, 0) is 54.8 Å². The van der Waals surface area contributed by atoms with Crippen molar-refractivity contribution in [3.63, 3.8) is 0 Å². The number of nitrogens with zero attached hydrogens (tertiary/aromatic N) is 1. The summed E-state index contributed by atoms with van der Waals surface area (Å²) in [5, 5.41) is 5.69. The van der Waals surface area contributed by atoms with Gasteiger partial charge in [-0.15, -0.1) is 0 Å². The van der Waals surface area contributed by atoms with Crippen LogP contribution in [0.5, 0.6) is 0 Å². The Kier molecular flexibility index (Phi) is 6.09. The molecule has 2 aromatic carbocycles. The molecule has 0 aliphatic carbocycles. The predicted molar refractivity (Wildman–Crippen MR) is 110 cm³/mol. The van der Waals surface area contributed by atoms with Crippen LogP contribution in [-0.2, 0) is 4.79 Å². The lowest BCUT2D eigenvalue weighted by molar-refractivity contribution is -0.117. The molecule has 2 aromatic rings. The molecule has 1 aliphatic heterocycles. The molecule has 1 aliphatic rings. The maximum Gasteiger partial charge on any atom is 0.255 e. The van der Waals surface area contributed by atoms with Gasteiger partial charge in [-0.1, -0.05) is 19.9 Å². The summed E-state index contributed by atoms with van der Waals surface area (Å²) in [6.07, 6.45) is 1.39. The molecule has 146 valence electrons. The fourth-order valence-electron chi connectivity index (χ4n) is 3.04. The summed E-state index contributed by atoms with van der Waals surface area (Å²) in [7, 11) is 0. The Balaban J connectivity index is 1.65. The van der Waals surface area contributed by atoms with Crippen LogP contribution in [0, 0.1) is 5.92 Å². The van der Waals surface area contributed by atoms with Gasteiger partial charge < -0.3 is 15.5 Å². The highest BCUT2D eigenvalue weighted by molar-refractivity contribution is 6.06. The van der Waals surface area contributed by atoms with Crippen molar-refractivity contribution in [3.05, 3.63) is 59.7 Å². The van der Waals surface area contributed by atoms with Crippen molar-refractivity contribution >= 4 is 29.1 Å². The van der Waals surface area contributed by atoms with Gasteiger partial charge in [0.1, 0.15) is 0 Å². The molecule has 2 N–H and O–H groups in total. The van der Waals surface area contributed by atoms with Crippen molar-refractivity contribution in [2.24, 2.45) is 5.92 Å². The van der Waals surface area contributed by atoms with E-state index in [0.29, 0.717) is 42.2 Å². The van der Waals surface area contributed by atoms with Gasteiger partial charge in [0.05, 0.1) is 0 Å². The fourth-order valence-corrected chi connectivity index (χ4v) is 3.04. The van der Waals surface area contributed by atoms with Crippen molar-refractivity contribution < 1.29 is 14.4 Å². The summed E-state index contributed by atoms with van der Waals surface area (Å²) < 4.78 is 0. The van der Waals surface area contributed by atoms with Gasteiger partial charge in [0.15, 0.2) is 0 Å². The Morgan fingerprint density at radius 2 is 1.79 bits per heavy atom. The van der Waals surface area contributed by atoms with Crippen LogP contribution in [-0.4, -0.2) is 30.8 Å². The predicted octanol–water partition coefficient (Wildman–Crippen LogP) is 3.45. The second-order valence-corrected chi connectivity index (χ2v) is 7.33. The number of benzene rings is 2. The van der Waals surface area contributed by atoms with E-state index < -0.39 is 0 Å². The van der Waals surface area contributed by atoms with Crippen LogP contribution in [0.3, 0.4) is 0 Å². The van der Waals surface area contributed by atoms with E-state index in [2.05, 4.69) is 10.6 Å².